The molecule has 2 rings (SSSR count). The summed E-state index contributed by atoms with van der Waals surface area (Å²) in [4.78, 5) is 15.2. The average molecular weight is 306 g/mol. The number of rotatable bonds is 2. The lowest BCUT2D eigenvalue weighted by Gasteiger charge is -2.01. The van der Waals surface area contributed by atoms with Gasteiger partial charge in [0.2, 0.25) is 5.78 Å². The smallest absolute Gasteiger partial charge is 0.288 e. The third kappa shape index (κ3) is 3.13. The van der Waals surface area contributed by atoms with Gasteiger partial charge in [-0.2, -0.15) is 13.2 Å². The number of carbonyl (C=O) groups excluding carboxylic acids is 1. The summed E-state index contributed by atoms with van der Waals surface area (Å²) in [6, 6.07) is 4.65. The molecule has 19 heavy (non-hydrogen) atoms. The third-order valence-electron chi connectivity index (χ3n) is 2.28. The molecule has 0 saturated heterocycles. The van der Waals surface area contributed by atoms with Crippen molar-refractivity contribution in [2.75, 3.05) is 0 Å². The van der Waals surface area contributed by atoms with Crippen molar-refractivity contribution < 1.29 is 18.0 Å². The number of ketones is 1. The highest BCUT2D eigenvalue weighted by molar-refractivity contribution is 7.14. The van der Waals surface area contributed by atoms with Gasteiger partial charge < -0.3 is 0 Å². The minimum Gasteiger partial charge on any atom is -0.288 e. The van der Waals surface area contributed by atoms with Gasteiger partial charge in [-0.3, -0.25) is 4.79 Å². The second kappa shape index (κ2) is 4.94. The van der Waals surface area contributed by atoms with Crippen molar-refractivity contribution in [3.8, 4) is 0 Å². The molecule has 0 unspecified atom stereocenters. The summed E-state index contributed by atoms with van der Waals surface area (Å²) >= 11 is 6.14. The SMILES string of the molecule is Cc1cc(Cl)cc(C(=O)c2cnc(C(F)(F)F)s2)c1. The maximum atomic E-state index is 12.4. The molecule has 0 amide bonds. The molecule has 2 nitrogen and oxygen atoms in total. The Labute approximate surface area is 115 Å². The quantitative estimate of drug-likeness (QED) is 0.772. The molecule has 0 atom stereocenters. The number of hydrogen-bond donors (Lipinski definition) is 0. The van der Waals surface area contributed by atoms with E-state index < -0.39 is 17.0 Å². The van der Waals surface area contributed by atoms with Crippen LogP contribution in [-0.4, -0.2) is 10.8 Å². The summed E-state index contributed by atoms with van der Waals surface area (Å²) in [5, 5.41) is -0.668. The number of benzene rings is 1. The van der Waals surface area contributed by atoms with E-state index in [-0.39, 0.29) is 10.4 Å². The van der Waals surface area contributed by atoms with Gasteiger partial charge >= 0.3 is 6.18 Å². The molecule has 1 aromatic carbocycles. The van der Waals surface area contributed by atoms with Crippen LogP contribution in [0.3, 0.4) is 0 Å². The molecule has 0 aliphatic rings. The van der Waals surface area contributed by atoms with E-state index in [1.54, 1.807) is 19.1 Å². The van der Waals surface area contributed by atoms with Gasteiger partial charge in [-0.05, 0) is 30.7 Å². The molecule has 100 valence electrons. The van der Waals surface area contributed by atoms with Gasteiger partial charge in [0.05, 0.1) is 4.88 Å². The lowest BCUT2D eigenvalue weighted by molar-refractivity contribution is -0.137. The highest BCUT2D eigenvalue weighted by Crippen LogP contribution is 2.33. The van der Waals surface area contributed by atoms with Gasteiger partial charge in [0, 0.05) is 16.8 Å². The van der Waals surface area contributed by atoms with E-state index in [0.29, 0.717) is 16.4 Å². The molecule has 2 aromatic rings. The maximum Gasteiger partial charge on any atom is 0.443 e. The van der Waals surface area contributed by atoms with E-state index in [9.17, 15) is 18.0 Å². The zero-order valence-corrected chi connectivity index (χ0v) is 11.2. The normalized spacial score (nSPS) is 11.6. The highest BCUT2D eigenvalue weighted by Gasteiger charge is 2.35. The van der Waals surface area contributed by atoms with E-state index in [4.69, 9.17) is 11.6 Å². The van der Waals surface area contributed by atoms with E-state index in [2.05, 4.69) is 4.98 Å². The van der Waals surface area contributed by atoms with Crippen molar-refractivity contribution >= 4 is 28.7 Å². The van der Waals surface area contributed by atoms with Crippen LogP contribution >= 0.6 is 22.9 Å². The van der Waals surface area contributed by atoms with Crippen molar-refractivity contribution in [3.63, 3.8) is 0 Å². The third-order valence-corrected chi connectivity index (χ3v) is 3.54. The van der Waals surface area contributed by atoms with Crippen molar-refractivity contribution in [3.05, 3.63) is 50.4 Å². The van der Waals surface area contributed by atoms with Crippen LogP contribution in [0, 0.1) is 6.92 Å². The molecule has 0 spiro atoms. The van der Waals surface area contributed by atoms with Gasteiger partial charge in [-0.25, -0.2) is 4.98 Å². The van der Waals surface area contributed by atoms with Gasteiger partial charge in [-0.1, -0.05) is 11.6 Å². The second-order valence-electron chi connectivity index (χ2n) is 3.87. The average Bonchev–Trinajstić information content (AvgIpc) is 2.75. The molecule has 0 bridgehead atoms. The summed E-state index contributed by atoms with van der Waals surface area (Å²) in [5.74, 6) is -0.515. The van der Waals surface area contributed by atoms with Gasteiger partial charge in [0.15, 0.2) is 5.01 Å². The number of aryl methyl sites for hydroxylation is 1. The predicted molar refractivity (Wildman–Crippen MR) is 66.7 cm³/mol. The molecule has 0 fully saturated rings. The van der Waals surface area contributed by atoms with Gasteiger partial charge in [-0.15, -0.1) is 11.3 Å². The van der Waals surface area contributed by atoms with Crippen LogP contribution in [0.5, 0.6) is 0 Å². The zero-order valence-electron chi connectivity index (χ0n) is 9.58. The molecule has 1 aromatic heterocycles. The summed E-state index contributed by atoms with van der Waals surface area (Å²) in [7, 11) is 0. The van der Waals surface area contributed by atoms with Crippen LogP contribution in [0.2, 0.25) is 5.02 Å². The van der Waals surface area contributed by atoms with Crippen molar-refractivity contribution in [1.82, 2.24) is 4.98 Å². The van der Waals surface area contributed by atoms with Crippen molar-refractivity contribution in [2.24, 2.45) is 0 Å². The fourth-order valence-corrected chi connectivity index (χ4v) is 2.55. The largest absolute Gasteiger partial charge is 0.443 e. The molecule has 0 aliphatic carbocycles. The highest BCUT2D eigenvalue weighted by atomic mass is 35.5. The minimum atomic E-state index is -4.53. The predicted octanol–water partition coefficient (Wildman–Crippen LogP) is 4.35. The Hall–Kier alpha value is -1.40. The van der Waals surface area contributed by atoms with Crippen LogP contribution in [0.4, 0.5) is 13.2 Å². The first kappa shape index (κ1) is 14.0. The lowest BCUT2D eigenvalue weighted by atomic mass is 10.1. The monoisotopic (exact) mass is 305 g/mol. The Kier molecular flexibility index (Phi) is 3.64. The van der Waals surface area contributed by atoms with E-state index in [0.717, 1.165) is 11.8 Å². The topological polar surface area (TPSA) is 30.0 Å². The maximum absolute atomic E-state index is 12.4. The number of aromatic nitrogens is 1. The molecule has 0 aliphatic heterocycles. The molecule has 7 heteroatoms. The molecular weight excluding hydrogens is 299 g/mol. The fraction of sp³-hybridized carbons (Fsp3) is 0.167. The Morgan fingerprint density at radius 2 is 2.00 bits per heavy atom. The summed E-state index contributed by atoms with van der Waals surface area (Å²) in [5.41, 5.74) is 1.01. The molecule has 1 heterocycles. The molecule has 0 N–H and O–H groups in total. The summed E-state index contributed by atoms with van der Waals surface area (Å²) in [6.45, 7) is 1.75. The number of carbonyl (C=O) groups is 1. The second-order valence-corrected chi connectivity index (χ2v) is 5.34. The van der Waals surface area contributed by atoms with E-state index in [1.807, 2.05) is 0 Å². The van der Waals surface area contributed by atoms with Crippen LogP contribution in [0.15, 0.2) is 24.4 Å². The Morgan fingerprint density at radius 3 is 2.53 bits per heavy atom. The zero-order chi connectivity index (χ0) is 14.2. The summed E-state index contributed by atoms with van der Waals surface area (Å²) < 4.78 is 37.2. The number of alkyl halides is 3. The first-order chi connectivity index (χ1) is 8.77. The standard InChI is InChI=1S/C12H7ClF3NOS/c1-6-2-7(4-8(13)3-6)10(18)9-5-17-11(19-9)12(14,15)16/h2-5H,1H3. The van der Waals surface area contributed by atoms with Gasteiger partial charge in [0.25, 0.3) is 0 Å². The minimum absolute atomic E-state index is 0.0611. The molecular formula is C12H7ClF3NOS. The molecule has 0 saturated carbocycles. The lowest BCUT2D eigenvalue weighted by Crippen LogP contribution is -2.03. The van der Waals surface area contributed by atoms with Crippen molar-refractivity contribution in [1.29, 1.82) is 0 Å². The number of hydrogen-bond acceptors (Lipinski definition) is 3. The van der Waals surface area contributed by atoms with E-state index >= 15 is 0 Å². The summed E-state index contributed by atoms with van der Waals surface area (Å²) in [6.07, 6.45) is -3.60. The number of thiazole rings is 1. The Bertz CT molecular complexity index is 616. The number of nitrogens with zero attached hydrogens (tertiary/aromatic N) is 1. The van der Waals surface area contributed by atoms with E-state index in [1.165, 1.54) is 6.07 Å². The first-order valence-corrected chi connectivity index (χ1v) is 6.32. The Morgan fingerprint density at radius 1 is 1.32 bits per heavy atom. The van der Waals surface area contributed by atoms with Crippen LogP contribution in [0.25, 0.3) is 0 Å². The van der Waals surface area contributed by atoms with Crippen LogP contribution in [-0.2, 0) is 6.18 Å². The van der Waals surface area contributed by atoms with Crippen LogP contribution in [0.1, 0.15) is 25.8 Å². The fourth-order valence-electron chi connectivity index (χ4n) is 1.52. The number of halogens is 4. The first-order valence-electron chi connectivity index (χ1n) is 5.12. The Balaban J connectivity index is 2.36. The van der Waals surface area contributed by atoms with Gasteiger partial charge in [0.1, 0.15) is 0 Å². The van der Waals surface area contributed by atoms with Crippen molar-refractivity contribution in [2.45, 2.75) is 13.1 Å². The van der Waals surface area contributed by atoms with Crippen LogP contribution < -0.4 is 0 Å². The molecule has 0 radical (unpaired) electrons.